The van der Waals surface area contributed by atoms with Crippen molar-refractivity contribution in [3.8, 4) is 0 Å². The summed E-state index contributed by atoms with van der Waals surface area (Å²) in [4.78, 5) is 0. The van der Waals surface area contributed by atoms with Gasteiger partial charge in [0.15, 0.2) is 9.76 Å². The van der Waals surface area contributed by atoms with Crippen molar-refractivity contribution in [1.82, 2.24) is 0 Å². The van der Waals surface area contributed by atoms with Gasteiger partial charge in [0.2, 0.25) is 0 Å². The molecule has 1 nitrogen and oxygen atoms in total. The largest absolute Gasteiger partial charge is 0.418 e. The minimum Gasteiger partial charge on any atom is -0.418 e. The van der Waals surface area contributed by atoms with Gasteiger partial charge in [-0.1, -0.05) is 60.7 Å². The maximum Gasteiger partial charge on any atom is 0.192 e. The second kappa shape index (κ2) is 6.25. The van der Waals surface area contributed by atoms with E-state index in [9.17, 15) is 0 Å². The fraction of sp³-hybridized carbons (Fsp3) is 0.143. The maximum atomic E-state index is 5.76. The molecule has 0 aliphatic carbocycles. The van der Waals surface area contributed by atoms with Crippen LogP contribution < -0.4 is 5.19 Å². The maximum absolute atomic E-state index is 5.76. The zero-order valence-electron chi connectivity index (χ0n) is 9.30. The van der Waals surface area contributed by atoms with Crippen molar-refractivity contribution in [1.29, 1.82) is 0 Å². The molecule has 2 aromatic rings. The summed E-state index contributed by atoms with van der Waals surface area (Å²) < 4.78 is 5.76. The molecule has 0 aliphatic rings. The first-order valence-corrected chi connectivity index (χ1v) is 6.89. The van der Waals surface area contributed by atoms with Crippen molar-refractivity contribution in [2.75, 3.05) is 6.61 Å². The van der Waals surface area contributed by atoms with Gasteiger partial charge in [-0.2, -0.15) is 0 Å². The second-order valence-electron chi connectivity index (χ2n) is 3.77. The molecule has 0 atom stereocenters. The minimum atomic E-state index is -0.527. The van der Waals surface area contributed by atoms with E-state index in [1.54, 1.807) is 0 Å². The number of rotatable bonds is 5. The Hall–Kier alpha value is -1.38. The van der Waals surface area contributed by atoms with E-state index in [0.717, 1.165) is 13.0 Å². The Morgan fingerprint density at radius 2 is 1.44 bits per heavy atom. The van der Waals surface area contributed by atoms with Crippen molar-refractivity contribution in [3.63, 3.8) is 0 Å². The predicted octanol–water partition coefficient (Wildman–Crippen LogP) is 1.65. The van der Waals surface area contributed by atoms with Gasteiger partial charge in [-0.15, -0.1) is 0 Å². The van der Waals surface area contributed by atoms with E-state index in [1.807, 2.05) is 12.1 Å². The van der Waals surface area contributed by atoms with Gasteiger partial charge < -0.3 is 4.43 Å². The molecule has 0 amide bonds. The highest BCUT2D eigenvalue weighted by Crippen LogP contribution is 1.99. The smallest absolute Gasteiger partial charge is 0.192 e. The molecule has 0 saturated heterocycles. The van der Waals surface area contributed by atoms with Crippen LogP contribution in [0.3, 0.4) is 0 Å². The van der Waals surface area contributed by atoms with E-state index >= 15 is 0 Å². The van der Waals surface area contributed by atoms with E-state index in [4.69, 9.17) is 4.43 Å². The van der Waals surface area contributed by atoms with Crippen LogP contribution in [-0.4, -0.2) is 16.4 Å². The van der Waals surface area contributed by atoms with Crippen molar-refractivity contribution >= 4 is 14.9 Å². The van der Waals surface area contributed by atoms with Crippen molar-refractivity contribution in [3.05, 3.63) is 66.2 Å². The Bertz CT molecular complexity index is 358. The zero-order chi connectivity index (χ0) is 11.1. The number of benzene rings is 2. The van der Waals surface area contributed by atoms with E-state index in [2.05, 4.69) is 48.5 Å². The minimum absolute atomic E-state index is 0.527. The Morgan fingerprint density at radius 1 is 0.812 bits per heavy atom. The molecule has 0 spiro atoms. The van der Waals surface area contributed by atoms with Gasteiger partial charge >= 0.3 is 0 Å². The molecule has 0 unspecified atom stereocenters. The summed E-state index contributed by atoms with van der Waals surface area (Å²) in [7, 11) is -0.527. The first-order valence-electron chi connectivity index (χ1n) is 5.61. The molecular formula is C14H16OSi. The third-order valence-electron chi connectivity index (χ3n) is 2.49. The van der Waals surface area contributed by atoms with E-state index < -0.39 is 9.76 Å². The normalized spacial score (nSPS) is 11.0. The third-order valence-corrected chi connectivity index (χ3v) is 3.79. The lowest BCUT2D eigenvalue weighted by Gasteiger charge is -2.04. The Balaban J connectivity index is 1.70. The highest BCUT2D eigenvalue weighted by atomic mass is 28.2. The summed E-state index contributed by atoms with van der Waals surface area (Å²) in [6.07, 6.45) is 1.01. The fourth-order valence-electron chi connectivity index (χ4n) is 1.60. The third kappa shape index (κ3) is 3.64. The molecule has 0 radical (unpaired) electrons. The Kier molecular flexibility index (Phi) is 4.34. The lowest BCUT2D eigenvalue weighted by atomic mass is 10.2. The van der Waals surface area contributed by atoms with Gasteiger partial charge in [0.1, 0.15) is 0 Å². The van der Waals surface area contributed by atoms with Crippen LogP contribution in [0.25, 0.3) is 0 Å². The molecule has 0 heterocycles. The summed E-state index contributed by atoms with van der Waals surface area (Å²) in [5, 5.41) is 1.37. The molecule has 0 aromatic heterocycles. The van der Waals surface area contributed by atoms with Crippen LogP contribution in [0.5, 0.6) is 0 Å². The lowest BCUT2D eigenvalue weighted by molar-refractivity contribution is 0.346. The highest BCUT2D eigenvalue weighted by Gasteiger charge is 1.94. The van der Waals surface area contributed by atoms with E-state index in [-0.39, 0.29) is 0 Å². The molecule has 2 aromatic carbocycles. The van der Waals surface area contributed by atoms with Crippen LogP contribution in [0.2, 0.25) is 0 Å². The van der Waals surface area contributed by atoms with Crippen LogP contribution in [0.15, 0.2) is 60.7 Å². The van der Waals surface area contributed by atoms with Gasteiger partial charge in [0.05, 0.1) is 0 Å². The zero-order valence-corrected chi connectivity index (χ0v) is 10.7. The summed E-state index contributed by atoms with van der Waals surface area (Å²) >= 11 is 0. The SMILES string of the molecule is c1ccc(CCO[SiH2]c2ccccc2)cc1. The molecule has 0 bridgehead atoms. The predicted molar refractivity (Wildman–Crippen MR) is 70.7 cm³/mol. The van der Waals surface area contributed by atoms with Crippen LogP contribution in [-0.2, 0) is 10.8 Å². The molecule has 0 N–H and O–H groups in total. The first-order chi connectivity index (χ1) is 7.95. The number of hydrogen-bond acceptors (Lipinski definition) is 1. The van der Waals surface area contributed by atoms with Crippen LogP contribution >= 0.6 is 0 Å². The second-order valence-corrected chi connectivity index (χ2v) is 5.29. The summed E-state index contributed by atoms with van der Waals surface area (Å²) in [5.74, 6) is 0. The topological polar surface area (TPSA) is 9.23 Å². The van der Waals surface area contributed by atoms with E-state index in [1.165, 1.54) is 10.8 Å². The average molecular weight is 228 g/mol. The molecule has 2 heteroatoms. The summed E-state index contributed by atoms with van der Waals surface area (Å²) in [6.45, 7) is 0.838. The first kappa shape index (κ1) is 11.1. The highest BCUT2D eigenvalue weighted by molar-refractivity contribution is 6.46. The Labute approximate surface area is 99.0 Å². The van der Waals surface area contributed by atoms with E-state index in [0.29, 0.717) is 0 Å². The molecule has 82 valence electrons. The molecule has 0 fully saturated rings. The van der Waals surface area contributed by atoms with Crippen molar-refractivity contribution in [2.45, 2.75) is 6.42 Å². The standard InChI is InChI=1S/C14H16OSi/c1-3-7-13(8-4-1)11-12-15-16-14-9-5-2-6-10-14/h1-10H,11-12,16H2. The van der Waals surface area contributed by atoms with Gasteiger partial charge in [0, 0.05) is 6.61 Å². The summed E-state index contributed by atoms with van der Waals surface area (Å²) in [5.41, 5.74) is 1.35. The molecule has 16 heavy (non-hydrogen) atoms. The van der Waals surface area contributed by atoms with Gasteiger partial charge in [-0.05, 0) is 17.2 Å². The van der Waals surface area contributed by atoms with Gasteiger partial charge in [0.25, 0.3) is 0 Å². The Morgan fingerprint density at radius 3 is 2.12 bits per heavy atom. The van der Waals surface area contributed by atoms with Crippen LogP contribution in [0.1, 0.15) is 5.56 Å². The molecule has 2 rings (SSSR count). The summed E-state index contributed by atoms with van der Waals surface area (Å²) in [6, 6.07) is 21.0. The fourth-order valence-corrected chi connectivity index (χ4v) is 2.59. The van der Waals surface area contributed by atoms with Crippen LogP contribution in [0.4, 0.5) is 0 Å². The van der Waals surface area contributed by atoms with Crippen LogP contribution in [0, 0.1) is 0 Å². The number of hydrogen-bond donors (Lipinski definition) is 0. The average Bonchev–Trinajstić information content (AvgIpc) is 2.37. The molecular weight excluding hydrogens is 212 g/mol. The van der Waals surface area contributed by atoms with Crippen molar-refractivity contribution in [2.24, 2.45) is 0 Å². The quantitative estimate of drug-likeness (QED) is 0.558. The van der Waals surface area contributed by atoms with Gasteiger partial charge in [-0.25, -0.2) is 0 Å². The van der Waals surface area contributed by atoms with Crippen molar-refractivity contribution < 1.29 is 4.43 Å². The van der Waals surface area contributed by atoms with Gasteiger partial charge in [-0.3, -0.25) is 0 Å². The molecule has 0 saturated carbocycles. The monoisotopic (exact) mass is 228 g/mol. The lowest BCUT2D eigenvalue weighted by Crippen LogP contribution is -2.18. The molecule has 0 aliphatic heterocycles.